The SMILES string of the molecule is O=C(CSc1ccc2c(c1)OCCO2)N1CCN(CC(=O)N2CCCCC2)CC1. The van der Waals surface area contributed by atoms with Crippen molar-refractivity contribution in [3.05, 3.63) is 18.2 Å². The number of ether oxygens (including phenoxy) is 2. The van der Waals surface area contributed by atoms with Gasteiger partial charge in [-0.25, -0.2) is 0 Å². The molecule has 0 spiro atoms. The molecule has 8 heteroatoms. The maximum atomic E-state index is 12.6. The maximum Gasteiger partial charge on any atom is 0.236 e. The van der Waals surface area contributed by atoms with E-state index in [1.54, 1.807) is 0 Å². The summed E-state index contributed by atoms with van der Waals surface area (Å²) >= 11 is 1.52. The van der Waals surface area contributed by atoms with Gasteiger partial charge in [0.05, 0.1) is 12.3 Å². The zero-order valence-electron chi connectivity index (χ0n) is 16.8. The topological polar surface area (TPSA) is 62.3 Å². The first-order chi connectivity index (χ1) is 14.2. The highest BCUT2D eigenvalue weighted by molar-refractivity contribution is 8.00. The lowest BCUT2D eigenvalue weighted by atomic mass is 10.1. The summed E-state index contributed by atoms with van der Waals surface area (Å²) in [5.41, 5.74) is 0. The summed E-state index contributed by atoms with van der Waals surface area (Å²) in [5, 5.41) is 0. The van der Waals surface area contributed by atoms with Crippen LogP contribution in [0.5, 0.6) is 11.5 Å². The summed E-state index contributed by atoms with van der Waals surface area (Å²) < 4.78 is 11.1. The number of amides is 2. The fraction of sp³-hybridized carbons (Fsp3) is 0.619. The minimum absolute atomic E-state index is 0.145. The van der Waals surface area contributed by atoms with Gasteiger partial charge in [0.2, 0.25) is 11.8 Å². The van der Waals surface area contributed by atoms with Crippen molar-refractivity contribution < 1.29 is 19.1 Å². The number of piperidine rings is 1. The summed E-state index contributed by atoms with van der Waals surface area (Å²) in [7, 11) is 0. The van der Waals surface area contributed by atoms with E-state index < -0.39 is 0 Å². The van der Waals surface area contributed by atoms with E-state index in [9.17, 15) is 9.59 Å². The van der Waals surface area contributed by atoms with Crippen LogP contribution in [-0.4, -0.2) is 91.3 Å². The van der Waals surface area contributed by atoms with E-state index in [4.69, 9.17) is 9.47 Å². The molecular weight excluding hydrogens is 390 g/mol. The molecule has 0 atom stereocenters. The van der Waals surface area contributed by atoms with Crippen molar-refractivity contribution in [1.82, 2.24) is 14.7 Å². The van der Waals surface area contributed by atoms with Gasteiger partial charge in [-0.3, -0.25) is 14.5 Å². The Bertz CT molecular complexity index is 731. The number of nitrogens with zero attached hydrogens (tertiary/aromatic N) is 3. The summed E-state index contributed by atoms with van der Waals surface area (Å²) in [6, 6.07) is 5.81. The van der Waals surface area contributed by atoms with Gasteiger partial charge in [0.15, 0.2) is 11.5 Å². The van der Waals surface area contributed by atoms with Crippen LogP contribution in [0.4, 0.5) is 0 Å². The molecule has 2 amide bonds. The molecule has 3 aliphatic heterocycles. The van der Waals surface area contributed by atoms with E-state index in [-0.39, 0.29) is 11.8 Å². The lowest BCUT2D eigenvalue weighted by Gasteiger charge is -2.36. The lowest BCUT2D eigenvalue weighted by Crippen LogP contribution is -2.52. The van der Waals surface area contributed by atoms with Crippen LogP contribution in [0.15, 0.2) is 23.1 Å². The Morgan fingerprint density at radius 1 is 0.828 bits per heavy atom. The number of fused-ring (bicyclic) bond motifs is 1. The molecule has 0 aromatic heterocycles. The van der Waals surface area contributed by atoms with Crippen LogP contribution >= 0.6 is 11.8 Å². The van der Waals surface area contributed by atoms with Gasteiger partial charge in [-0.1, -0.05) is 0 Å². The summed E-state index contributed by atoms with van der Waals surface area (Å²) in [4.78, 5) is 32.1. The Balaban J connectivity index is 1.19. The van der Waals surface area contributed by atoms with E-state index in [2.05, 4.69) is 4.90 Å². The Labute approximate surface area is 176 Å². The van der Waals surface area contributed by atoms with Crippen LogP contribution in [-0.2, 0) is 9.59 Å². The second-order valence-corrected chi connectivity index (χ2v) is 8.74. The van der Waals surface area contributed by atoms with E-state index in [0.29, 0.717) is 38.6 Å². The van der Waals surface area contributed by atoms with Gasteiger partial charge < -0.3 is 19.3 Å². The standard InChI is InChI=1S/C21H29N3O4S/c25-20(23-6-2-1-3-7-23)15-22-8-10-24(11-9-22)21(26)16-29-17-4-5-18-19(14-17)28-13-12-27-18/h4-5,14H,1-3,6-13,15-16H2. The number of carbonyl (C=O) groups excluding carboxylic acids is 2. The molecule has 29 heavy (non-hydrogen) atoms. The van der Waals surface area contributed by atoms with Crippen molar-refractivity contribution in [3.8, 4) is 11.5 Å². The molecule has 0 N–H and O–H groups in total. The molecule has 158 valence electrons. The average molecular weight is 420 g/mol. The Morgan fingerprint density at radius 2 is 1.52 bits per heavy atom. The average Bonchev–Trinajstić information content (AvgIpc) is 2.78. The van der Waals surface area contributed by atoms with Crippen molar-refractivity contribution >= 4 is 23.6 Å². The van der Waals surface area contributed by atoms with E-state index in [1.807, 2.05) is 28.0 Å². The number of likely N-dealkylation sites (tertiary alicyclic amines) is 1. The predicted octanol–water partition coefficient (Wildman–Crippen LogP) is 1.71. The number of hydrogen-bond donors (Lipinski definition) is 0. The molecule has 2 fully saturated rings. The van der Waals surface area contributed by atoms with Crippen LogP contribution in [0.2, 0.25) is 0 Å². The van der Waals surface area contributed by atoms with Gasteiger partial charge in [-0.2, -0.15) is 0 Å². The van der Waals surface area contributed by atoms with Crippen LogP contribution < -0.4 is 9.47 Å². The first-order valence-electron chi connectivity index (χ1n) is 10.5. The molecule has 1 aromatic rings. The Morgan fingerprint density at radius 3 is 2.28 bits per heavy atom. The largest absolute Gasteiger partial charge is 0.486 e. The van der Waals surface area contributed by atoms with Gasteiger partial charge >= 0.3 is 0 Å². The third-order valence-corrected chi connectivity index (χ3v) is 6.65. The van der Waals surface area contributed by atoms with Crippen LogP contribution in [0.3, 0.4) is 0 Å². The Hall–Kier alpha value is -1.93. The number of thioether (sulfide) groups is 1. The third-order valence-electron chi connectivity index (χ3n) is 5.67. The molecule has 0 unspecified atom stereocenters. The normalized spacial score (nSPS) is 19.9. The minimum Gasteiger partial charge on any atom is -0.486 e. The monoisotopic (exact) mass is 419 g/mol. The molecule has 0 aliphatic carbocycles. The molecule has 0 bridgehead atoms. The number of benzene rings is 1. The minimum atomic E-state index is 0.145. The highest BCUT2D eigenvalue weighted by atomic mass is 32.2. The van der Waals surface area contributed by atoms with Crippen molar-refractivity contribution in [2.24, 2.45) is 0 Å². The number of carbonyl (C=O) groups is 2. The first kappa shape index (κ1) is 20.3. The van der Waals surface area contributed by atoms with Crippen molar-refractivity contribution in [2.45, 2.75) is 24.2 Å². The highest BCUT2D eigenvalue weighted by Crippen LogP contribution is 2.34. The molecule has 1 aromatic carbocycles. The van der Waals surface area contributed by atoms with E-state index >= 15 is 0 Å². The van der Waals surface area contributed by atoms with Crippen molar-refractivity contribution in [1.29, 1.82) is 0 Å². The second-order valence-electron chi connectivity index (χ2n) is 7.69. The molecule has 4 rings (SSSR count). The summed E-state index contributed by atoms with van der Waals surface area (Å²) in [6.45, 7) is 6.32. The van der Waals surface area contributed by atoms with Gasteiger partial charge in [-0.15, -0.1) is 11.8 Å². The van der Waals surface area contributed by atoms with Crippen LogP contribution in [0, 0.1) is 0 Å². The van der Waals surface area contributed by atoms with Crippen LogP contribution in [0.25, 0.3) is 0 Å². The quantitative estimate of drug-likeness (QED) is 0.677. The first-order valence-corrected chi connectivity index (χ1v) is 11.5. The third kappa shape index (κ3) is 5.36. The summed E-state index contributed by atoms with van der Waals surface area (Å²) in [5.74, 6) is 2.31. The van der Waals surface area contributed by atoms with Gasteiger partial charge in [-0.05, 0) is 37.5 Å². The number of rotatable bonds is 5. The molecule has 7 nitrogen and oxygen atoms in total. The predicted molar refractivity (Wildman–Crippen MR) is 112 cm³/mol. The van der Waals surface area contributed by atoms with Gasteiger partial charge in [0, 0.05) is 44.2 Å². The fourth-order valence-corrected chi connectivity index (χ4v) is 4.77. The summed E-state index contributed by atoms with van der Waals surface area (Å²) in [6.07, 6.45) is 3.47. The Kier molecular flexibility index (Phi) is 6.82. The number of hydrogen-bond acceptors (Lipinski definition) is 6. The zero-order chi connectivity index (χ0) is 20.1. The fourth-order valence-electron chi connectivity index (χ4n) is 3.94. The van der Waals surface area contributed by atoms with Gasteiger partial charge in [0.1, 0.15) is 13.2 Å². The van der Waals surface area contributed by atoms with Gasteiger partial charge in [0.25, 0.3) is 0 Å². The lowest BCUT2D eigenvalue weighted by molar-refractivity contribution is -0.134. The molecule has 2 saturated heterocycles. The van der Waals surface area contributed by atoms with E-state index in [0.717, 1.165) is 55.4 Å². The van der Waals surface area contributed by atoms with Crippen molar-refractivity contribution in [3.63, 3.8) is 0 Å². The highest BCUT2D eigenvalue weighted by Gasteiger charge is 2.25. The molecule has 3 heterocycles. The van der Waals surface area contributed by atoms with E-state index in [1.165, 1.54) is 18.2 Å². The molecule has 0 saturated carbocycles. The van der Waals surface area contributed by atoms with Crippen molar-refractivity contribution in [2.75, 3.05) is 64.8 Å². The number of piperazine rings is 1. The second kappa shape index (κ2) is 9.71. The molecule has 0 radical (unpaired) electrons. The zero-order valence-corrected chi connectivity index (χ0v) is 17.6. The van der Waals surface area contributed by atoms with Crippen LogP contribution in [0.1, 0.15) is 19.3 Å². The smallest absolute Gasteiger partial charge is 0.236 e. The maximum absolute atomic E-state index is 12.6. The molecular formula is C21H29N3O4S. The molecule has 3 aliphatic rings.